The number of rotatable bonds is 4. The summed E-state index contributed by atoms with van der Waals surface area (Å²) in [4.78, 5) is 56.8. The van der Waals surface area contributed by atoms with Gasteiger partial charge < -0.3 is 14.4 Å². The Balaban J connectivity index is 1.45. The number of imidazole rings is 1. The van der Waals surface area contributed by atoms with E-state index < -0.39 is 11.9 Å². The number of hydrogen-bond donors (Lipinski definition) is 1. The van der Waals surface area contributed by atoms with Crippen LogP contribution in [0.3, 0.4) is 0 Å². The van der Waals surface area contributed by atoms with E-state index >= 15 is 0 Å². The smallest absolute Gasteiger partial charge is 0.255 e. The number of benzene rings is 2. The highest BCUT2D eigenvalue weighted by molar-refractivity contribution is 6.05. The maximum atomic E-state index is 13.0. The normalized spacial score (nSPS) is 17.4. The lowest BCUT2D eigenvalue weighted by atomic mass is 10.00. The molecule has 2 aliphatic rings. The van der Waals surface area contributed by atoms with Crippen molar-refractivity contribution in [2.24, 2.45) is 7.05 Å². The van der Waals surface area contributed by atoms with Crippen molar-refractivity contribution in [2.75, 3.05) is 14.1 Å². The summed E-state index contributed by atoms with van der Waals surface area (Å²) in [6.07, 6.45) is 2.28. The van der Waals surface area contributed by atoms with E-state index in [1.165, 1.54) is 9.80 Å². The molecule has 9 heteroatoms. The lowest BCUT2D eigenvalue weighted by Crippen LogP contribution is -2.52. The molecule has 178 valence electrons. The highest BCUT2D eigenvalue weighted by atomic mass is 16.2. The number of carbonyl (C=O) groups excluding carboxylic acids is 4. The largest absolute Gasteiger partial charge is 0.345 e. The second-order valence-electron chi connectivity index (χ2n) is 9.10. The number of piperidine rings is 1. The van der Waals surface area contributed by atoms with Crippen LogP contribution in [0.5, 0.6) is 0 Å². The van der Waals surface area contributed by atoms with Crippen LogP contribution in [0.25, 0.3) is 22.5 Å². The number of carbonyl (C=O) groups is 4. The molecule has 3 heterocycles. The molecule has 0 aliphatic carbocycles. The fourth-order valence-corrected chi connectivity index (χ4v) is 4.73. The minimum Gasteiger partial charge on any atom is -0.345 e. The number of nitrogens with zero attached hydrogens (tertiary/aromatic N) is 4. The molecule has 1 aromatic heterocycles. The highest BCUT2D eigenvalue weighted by Crippen LogP contribution is 2.35. The van der Waals surface area contributed by atoms with Crippen molar-refractivity contribution in [3.05, 3.63) is 65.5 Å². The summed E-state index contributed by atoms with van der Waals surface area (Å²) in [5, 5.41) is 2.33. The maximum Gasteiger partial charge on any atom is 0.255 e. The van der Waals surface area contributed by atoms with Crippen LogP contribution in [-0.4, -0.2) is 63.1 Å². The molecule has 0 bridgehead atoms. The molecular weight excluding hydrogens is 446 g/mol. The van der Waals surface area contributed by atoms with Gasteiger partial charge in [-0.15, -0.1) is 0 Å². The Morgan fingerprint density at radius 2 is 1.77 bits per heavy atom. The minimum atomic E-state index is -0.648. The van der Waals surface area contributed by atoms with E-state index in [-0.39, 0.29) is 24.1 Å². The Hall–Kier alpha value is -4.27. The summed E-state index contributed by atoms with van der Waals surface area (Å²) < 4.78 is 1.92. The Kier molecular flexibility index (Phi) is 5.47. The predicted molar refractivity (Wildman–Crippen MR) is 128 cm³/mol. The first-order valence-corrected chi connectivity index (χ1v) is 11.4. The average molecular weight is 472 g/mol. The molecule has 1 unspecified atom stereocenters. The Morgan fingerprint density at radius 3 is 2.46 bits per heavy atom. The first kappa shape index (κ1) is 22.5. The van der Waals surface area contributed by atoms with Gasteiger partial charge in [0.15, 0.2) is 0 Å². The van der Waals surface area contributed by atoms with Gasteiger partial charge in [0.25, 0.3) is 11.8 Å². The quantitative estimate of drug-likeness (QED) is 0.588. The van der Waals surface area contributed by atoms with E-state index in [0.717, 1.165) is 28.1 Å². The number of nitrogens with one attached hydrogen (secondary N) is 1. The van der Waals surface area contributed by atoms with Crippen molar-refractivity contribution in [2.45, 2.75) is 25.4 Å². The van der Waals surface area contributed by atoms with Crippen LogP contribution in [-0.2, 0) is 23.2 Å². The third-order valence-electron chi connectivity index (χ3n) is 6.55. The monoisotopic (exact) mass is 471 g/mol. The minimum absolute atomic E-state index is 0.0642. The summed E-state index contributed by atoms with van der Waals surface area (Å²) in [5.41, 5.74) is 5.40. The first-order chi connectivity index (χ1) is 16.7. The lowest BCUT2D eigenvalue weighted by molar-refractivity contribution is -0.136. The SMILES string of the molecule is CN(C)C(=O)c1ccc(-c2c(-c3ccc4c(c3)CN(C3CCC(=O)NC3=O)C4=O)ncn2C)cc1. The number of fused-ring (bicyclic) bond motifs is 1. The zero-order valence-electron chi connectivity index (χ0n) is 19.7. The fourth-order valence-electron chi connectivity index (χ4n) is 4.73. The molecule has 2 aliphatic heterocycles. The molecule has 1 fully saturated rings. The second kappa shape index (κ2) is 8.50. The van der Waals surface area contributed by atoms with Gasteiger partial charge in [0, 0.05) is 56.4 Å². The fraction of sp³-hybridized carbons (Fsp3) is 0.269. The summed E-state index contributed by atoms with van der Waals surface area (Å²) in [6.45, 7) is 0.303. The molecule has 4 amide bonds. The average Bonchev–Trinajstić information content (AvgIpc) is 3.38. The van der Waals surface area contributed by atoms with Gasteiger partial charge in [-0.25, -0.2) is 4.98 Å². The Labute approximate surface area is 202 Å². The van der Waals surface area contributed by atoms with Crippen molar-refractivity contribution < 1.29 is 19.2 Å². The van der Waals surface area contributed by atoms with Gasteiger partial charge in [-0.1, -0.05) is 18.2 Å². The zero-order chi connectivity index (χ0) is 24.9. The molecule has 9 nitrogen and oxygen atoms in total. The topological polar surface area (TPSA) is 105 Å². The summed E-state index contributed by atoms with van der Waals surface area (Å²) in [7, 11) is 5.34. The van der Waals surface area contributed by atoms with Gasteiger partial charge in [0.05, 0.1) is 17.7 Å². The van der Waals surface area contributed by atoms with Crippen molar-refractivity contribution in [3.8, 4) is 22.5 Å². The van der Waals surface area contributed by atoms with Crippen LogP contribution >= 0.6 is 0 Å². The van der Waals surface area contributed by atoms with Crippen LogP contribution in [0.15, 0.2) is 48.8 Å². The molecule has 0 saturated carbocycles. The van der Waals surface area contributed by atoms with E-state index in [2.05, 4.69) is 10.3 Å². The Bertz CT molecular complexity index is 1370. The number of hydrogen-bond acceptors (Lipinski definition) is 5. The third kappa shape index (κ3) is 3.88. The van der Waals surface area contributed by atoms with Gasteiger partial charge in [0.2, 0.25) is 11.8 Å². The van der Waals surface area contributed by atoms with Crippen LogP contribution in [0.2, 0.25) is 0 Å². The summed E-state index contributed by atoms with van der Waals surface area (Å²) in [6, 6.07) is 12.3. The maximum absolute atomic E-state index is 13.0. The van der Waals surface area contributed by atoms with Crippen molar-refractivity contribution in [1.82, 2.24) is 24.7 Å². The van der Waals surface area contributed by atoms with Gasteiger partial charge in [-0.05, 0) is 36.2 Å². The number of aryl methyl sites for hydroxylation is 1. The predicted octanol–water partition coefficient (Wildman–Crippen LogP) is 2.22. The molecule has 1 saturated heterocycles. The van der Waals surface area contributed by atoms with Crippen LogP contribution in [0.1, 0.15) is 39.1 Å². The Morgan fingerprint density at radius 1 is 1.06 bits per heavy atom. The number of amides is 4. The number of imide groups is 1. The first-order valence-electron chi connectivity index (χ1n) is 11.4. The standard InChI is InChI=1S/C26H25N5O4/c1-29(2)25(34)16-6-4-15(5-7-16)23-22(27-14-30(23)3)17-8-9-19-18(12-17)13-31(26(19)35)20-10-11-21(32)28-24(20)33/h4-9,12,14,20H,10-11,13H2,1-3H3,(H,28,32,33). The lowest BCUT2D eigenvalue weighted by Gasteiger charge is -2.29. The molecule has 5 rings (SSSR count). The molecular formula is C26H25N5O4. The molecule has 35 heavy (non-hydrogen) atoms. The molecule has 3 aromatic rings. The summed E-state index contributed by atoms with van der Waals surface area (Å²) >= 11 is 0. The summed E-state index contributed by atoms with van der Waals surface area (Å²) in [5.74, 6) is -1.00. The molecule has 1 N–H and O–H groups in total. The van der Waals surface area contributed by atoms with Crippen LogP contribution in [0.4, 0.5) is 0 Å². The van der Waals surface area contributed by atoms with Gasteiger partial charge >= 0.3 is 0 Å². The van der Waals surface area contributed by atoms with E-state index in [1.54, 1.807) is 38.6 Å². The molecule has 0 spiro atoms. The van der Waals surface area contributed by atoms with Crippen molar-refractivity contribution >= 4 is 23.6 Å². The van der Waals surface area contributed by atoms with Gasteiger partial charge in [-0.3, -0.25) is 24.5 Å². The zero-order valence-corrected chi connectivity index (χ0v) is 19.7. The third-order valence-corrected chi connectivity index (χ3v) is 6.55. The van der Waals surface area contributed by atoms with Gasteiger partial charge in [0.1, 0.15) is 6.04 Å². The van der Waals surface area contributed by atoms with E-state index in [1.807, 2.05) is 35.9 Å². The highest BCUT2D eigenvalue weighted by Gasteiger charge is 2.39. The molecule has 2 aromatic carbocycles. The second-order valence-corrected chi connectivity index (χ2v) is 9.10. The van der Waals surface area contributed by atoms with Crippen LogP contribution in [0, 0.1) is 0 Å². The van der Waals surface area contributed by atoms with Crippen molar-refractivity contribution in [3.63, 3.8) is 0 Å². The van der Waals surface area contributed by atoms with E-state index in [4.69, 9.17) is 0 Å². The molecule has 0 radical (unpaired) electrons. The molecule has 1 atom stereocenters. The van der Waals surface area contributed by atoms with E-state index in [9.17, 15) is 19.2 Å². The van der Waals surface area contributed by atoms with E-state index in [0.29, 0.717) is 24.1 Å². The van der Waals surface area contributed by atoms with Crippen molar-refractivity contribution in [1.29, 1.82) is 0 Å². The number of aromatic nitrogens is 2. The van der Waals surface area contributed by atoms with Gasteiger partial charge in [-0.2, -0.15) is 0 Å². The van der Waals surface area contributed by atoms with Crippen LogP contribution < -0.4 is 5.32 Å².